The quantitative estimate of drug-likeness (QED) is 0.821. The molecule has 1 aliphatic rings. The highest BCUT2D eigenvalue weighted by Crippen LogP contribution is 2.36. The summed E-state index contributed by atoms with van der Waals surface area (Å²) in [4.78, 5) is 4.68. The maximum atomic E-state index is 6.62. The summed E-state index contributed by atoms with van der Waals surface area (Å²) in [5, 5.41) is 4.33. The topological polar surface area (TPSA) is 18.5 Å². The third kappa shape index (κ3) is 5.68. The summed E-state index contributed by atoms with van der Waals surface area (Å²) < 4.78 is 0. The predicted molar refractivity (Wildman–Crippen MR) is 107 cm³/mol. The minimum atomic E-state index is 0. The second-order valence-electron chi connectivity index (χ2n) is 6.22. The van der Waals surface area contributed by atoms with Crippen LogP contribution in [0, 0.1) is 5.92 Å². The maximum Gasteiger partial charge on any atom is 0.0474 e. The van der Waals surface area contributed by atoms with Gasteiger partial charge in [0.25, 0.3) is 0 Å². The lowest BCUT2D eigenvalue weighted by Crippen LogP contribution is -2.46. The Morgan fingerprint density at radius 2 is 1.83 bits per heavy atom. The van der Waals surface area contributed by atoms with Crippen LogP contribution in [0.3, 0.4) is 0 Å². The zero-order valence-corrected chi connectivity index (χ0v) is 16.9. The highest BCUT2D eigenvalue weighted by molar-refractivity contribution is 6.31. The Hall–Kier alpha value is -0.190. The minimum absolute atomic E-state index is 0. The van der Waals surface area contributed by atoms with E-state index in [0.29, 0.717) is 12.0 Å². The molecule has 1 unspecified atom stereocenters. The Balaban J connectivity index is 0.00000242. The molecule has 2 atom stereocenters. The molecule has 1 saturated heterocycles. The Bertz CT molecular complexity index is 462. The van der Waals surface area contributed by atoms with Crippen LogP contribution in [0.2, 0.25) is 5.02 Å². The summed E-state index contributed by atoms with van der Waals surface area (Å²) in [6.07, 6.45) is 1.17. The molecule has 1 aromatic rings. The van der Waals surface area contributed by atoms with Crippen molar-refractivity contribution in [1.82, 2.24) is 10.2 Å². The number of nitrogens with zero attached hydrogens (tertiary/aromatic N) is 2. The number of nitrogens with one attached hydrogen (secondary N) is 1. The Morgan fingerprint density at radius 3 is 2.30 bits per heavy atom. The molecule has 0 aliphatic carbocycles. The Labute approximate surface area is 158 Å². The van der Waals surface area contributed by atoms with Gasteiger partial charge in [0.1, 0.15) is 0 Å². The van der Waals surface area contributed by atoms with Crippen molar-refractivity contribution in [2.24, 2.45) is 5.92 Å². The van der Waals surface area contributed by atoms with Crippen LogP contribution in [0.15, 0.2) is 18.2 Å². The van der Waals surface area contributed by atoms with E-state index in [1.54, 1.807) is 0 Å². The van der Waals surface area contributed by atoms with Gasteiger partial charge in [0.05, 0.1) is 0 Å². The molecule has 134 valence electrons. The molecule has 1 aromatic carbocycles. The van der Waals surface area contributed by atoms with Gasteiger partial charge in [-0.1, -0.05) is 37.9 Å². The van der Waals surface area contributed by atoms with Crippen molar-refractivity contribution in [3.63, 3.8) is 0 Å². The summed E-state index contributed by atoms with van der Waals surface area (Å²) in [7, 11) is 4.10. The molecule has 3 nitrogen and oxygen atoms in total. The van der Waals surface area contributed by atoms with Gasteiger partial charge in [-0.3, -0.25) is 4.90 Å². The molecule has 2 rings (SSSR count). The molecule has 1 aliphatic heterocycles. The van der Waals surface area contributed by atoms with Gasteiger partial charge < -0.3 is 10.2 Å². The van der Waals surface area contributed by atoms with Gasteiger partial charge >= 0.3 is 0 Å². The van der Waals surface area contributed by atoms with Gasteiger partial charge in [-0.2, -0.15) is 0 Å². The number of halogens is 3. The van der Waals surface area contributed by atoms with Crippen molar-refractivity contribution in [3.8, 4) is 0 Å². The zero-order chi connectivity index (χ0) is 15.4. The molecule has 0 bridgehead atoms. The van der Waals surface area contributed by atoms with Crippen LogP contribution >= 0.6 is 36.4 Å². The minimum Gasteiger partial charge on any atom is -0.378 e. The van der Waals surface area contributed by atoms with Crippen molar-refractivity contribution in [2.75, 3.05) is 45.2 Å². The van der Waals surface area contributed by atoms with E-state index < -0.39 is 0 Å². The maximum absolute atomic E-state index is 6.62. The first kappa shape index (κ1) is 22.8. The first-order valence-corrected chi connectivity index (χ1v) is 8.34. The predicted octanol–water partition coefficient (Wildman–Crippen LogP) is 4.24. The van der Waals surface area contributed by atoms with E-state index in [-0.39, 0.29) is 24.8 Å². The largest absolute Gasteiger partial charge is 0.378 e. The highest BCUT2D eigenvalue weighted by Gasteiger charge is 2.28. The smallest absolute Gasteiger partial charge is 0.0474 e. The normalized spacial score (nSPS) is 17.6. The van der Waals surface area contributed by atoms with Crippen molar-refractivity contribution in [2.45, 2.75) is 26.3 Å². The number of rotatable bonds is 5. The fourth-order valence-corrected chi connectivity index (χ4v) is 3.37. The van der Waals surface area contributed by atoms with Crippen molar-refractivity contribution in [1.29, 1.82) is 0 Å². The van der Waals surface area contributed by atoms with E-state index in [4.69, 9.17) is 11.6 Å². The summed E-state index contributed by atoms with van der Waals surface area (Å²) in [6, 6.07) is 6.91. The van der Waals surface area contributed by atoms with Crippen LogP contribution in [0.5, 0.6) is 0 Å². The number of hydrogen-bond donors (Lipinski definition) is 1. The van der Waals surface area contributed by atoms with Gasteiger partial charge in [-0.05, 0) is 23.6 Å². The number of anilines is 1. The van der Waals surface area contributed by atoms with Crippen LogP contribution in [0.4, 0.5) is 5.69 Å². The molecule has 0 spiro atoms. The van der Waals surface area contributed by atoms with Crippen molar-refractivity contribution < 1.29 is 0 Å². The molecule has 1 N–H and O–H groups in total. The van der Waals surface area contributed by atoms with Crippen LogP contribution in [-0.2, 0) is 0 Å². The fraction of sp³-hybridized carbons (Fsp3) is 0.647. The average Bonchev–Trinajstić information content (AvgIpc) is 2.49. The molecule has 6 heteroatoms. The van der Waals surface area contributed by atoms with E-state index in [2.05, 4.69) is 47.2 Å². The Morgan fingerprint density at radius 1 is 1.22 bits per heavy atom. The molecular weight excluding hydrogens is 353 g/mol. The number of benzene rings is 1. The zero-order valence-electron chi connectivity index (χ0n) is 14.5. The highest BCUT2D eigenvalue weighted by atomic mass is 35.5. The molecule has 23 heavy (non-hydrogen) atoms. The van der Waals surface area contributed by atoms with E-state index in [1.807, 2.05) is 14.1 Å². The van der Waals surface area contributed by atoms with Gasteiger partial charge in [-0.25, -0.2) is 0 Å². The van der Waals surface area contributed by atoms with Crippen LogP contribution in [-0.4, -0.2) is 45.2 Å². The lowest BCUT2D eigenvalue weighted by atomic mass is 9.90. The number of hydrogen-bond acceptors (Lipinski definition) is 3. The van der Waals surface area contributed by atoms with Gasteiger partial charge in [0.2, 0.25) is 0 Å². The second kappa shape index (κ2) is 10.6. The van der Waals surface area contributed by atoms with Crippen LogP contribution in [0.1, 0.15) is 31.9 Å². The molecule has 1 heterocycles. The third-order valence-electron chi connectivity index (χ3n) is 4.55. The van der Waals surface area contributed by atoms with E-state index >= 15 is 0 Å². The van der Waals surface area contributed by atoms with Crippen molar-refractivity contribution >= 4 is 42.1 Å². The fourth-order valence-electron chi connectivity index (χ4n) is 3.08. The number of piperazine rings is 1. The van der Waals surface area contributed by atoms with E-state index in [0.717, 1.165) is 36.9 Å². The molecule has 0 radical (unpaired) electrons. The molecule has 0 amide bonds. The average molecular weight is 383 g/mol. The summed E-state index contributed by atoms with van der Waals surface area (Å²) in [6.45, 7) is 8.94. The molecule has 1 fully saturated rings. The second-order valence-corrected chi connectivity index (χ2v) is 6.62. The van der Waals surface area contributed by atoms with Gasteiger partial charge in [0, 0.05) is 57.0 Å². The summed E-state index contributed by atoms with van der Waals surface area (Å²) >= 11 is 6.62. The van der Waals surface area contributed by atoms with Gasteiger partial charge in [-0.15, -0.1) is 24.8 Å². The lowest BCUT2D eigenvalue weighted by Gasteiger charge is -2.39. The van der Waals surface area contributed by atoms with Crippen molar-refractivity contribution in [3.05, 3.63) is 28.8 Å². The van der Waals surface area contributed by atoms with Crippen LogP contribution in [0.25, 0.3) is 0 Å². The SMILES string of the molecule is CCC(C)[C@@H](c1ccc(N(C)C)cc1Cl)N1CCNCC1.Cl.Cl. The first-order valence-electron chi connectivity index (χ1n) is 7.96. The Kier molecular flexibility index (Phi) is 10.5. The molecular formula is C17H30Cl3N3. The van der Waals surface area contributed by atoms with E-state index in [1.165, 1.54) is 12.0 Å². The standard InChI is InChI=1S/C17H28ClN3.2ClH/c1-5-13(2)17(21-10-8-19-9-11-21)15-7-6-14(20(3)4)12-16(15)18;;/h6-7,12-13,17,19H,5,8-11H2,1-4H3;2*1H/t13?,17-;;/m0../s1. The third-order valence-corrected chi connectivity index (χ3v) is 4.87. The monoisotopic (exact) mass is 381 g/mol. The lowest BCUT2D eigenvalue weighted by molar-refractivity contribution is 0.128. The molecule has 0 saturated carbocycles. The van der Waals surface area contributed by atoms with E-state index in [9.17, 15) is 0 Å². The van der Waals surface area contributed by atoms with Crippen LogP contribution < -0.4 is 10.2 Å². The molecule has 0 aromatic heterocycles. The first-order chi connectivity index (χ1) is 10.0. The van der Waals surface area contributed by atoms with Gasteiger partial charge in [0.15, 0.2) is 0 Å². The summed E-state index contributed by atoms with van der Waals surface area (Å²) in [5.74, 6) is 0.603. The summed E-state index contributed by atoms with van der Waals surface area (Å²) in [5.41, 5.74) is 2.44.